The minimum absolute atomic E-state index is 0.00624. The smallest absolute Gasteiger partial charge is 0.271 e. The molecular formula is C14H20N4O2. The Hall–Kier alpha value is -1.53. The molecule has 0 spiro atoms. The summed E-state index contributed by atoms with van der Waals surface area (Å²) in [6.07, 6.45) is 7.14. The molecule has 1 saturated carbocycles. The van der Waals surface area contributed by atoms with E-state index in [9.17, 15) is 9.90 Å². The quantitative estimate of drug-likeness (QED) is 0.786. The molecule has 2 atom stereocenters. The lowest BCUT2D eigenvalue weighted by Crippen LogP contribution is -2.42. The lowest BCUT2D eigenvalue weighted by atomic mass is 10.1. The summed E-state index contributed by atoms with van der Waals surface area (Å²) in [5.74, 6) is 0.716. The van der Waals surface area contributed by atoms with Crippen molar-refractivity contribution in [3.63, 3.8) is 0 Å². The minimum atomic E-state index is -0.213. The minimum Gasteiger partial charge on any atom is -0.396 e. The molecule has 6 heteroatoms. The molecule has 6 nitrogen and oxygen atoms in total. The number of nitrogens with zero attached hydrogens (tertiary/aromatic N) is 3. The first-order valence-electron chi connectivity index (χ1n) is 7.16. The Labute approximate surface area is 118 Å². The van der Waals surface area contributed by atoms with E-state index in [-0.39, 0.29) is 24.5 Å². The zero-order valence-electron chi connectivity index (χ0n) is 11.4. The fourth-order valence-corrected chi connectivity index (χ4v) is 2.78. The van der Waals surface area contributed by atoms with Gasteiger partial charge in [0.15, 0.2) is 0 Å². The van der Waals surface area contributed by atoms with Gasteiger partial charge in [-0.3, -0.25) is 9.78 Å². The summed E-state index contributed by atoms with van der Waals surface area (Å²) in [6.45, 7) is 2.87. The van der Waals surface area contributed by atoms with Crippen molar-refractivity contribution in [2.75, 3.05) is 26.2 Å². The highest BCUT2D eigenvalue weighted by Gasteiger charge is 2.36. The van der Waals surface area contributed by atoms with Gasteiger partial charge in [-0.15, -0.1) is 0 Å². The van der Waals surface area contributed by atoms with Gasteiger partial charge in [-0.1, -0.05) is 0 Å². The van der Waals surface area contributed by atoms with E-state index in [0.29, 0.717) is 5.69 Å². The molecule has 0 unspecified atom stereocenters. The standard InChI is InChI=1S/C14H20N4O2/c19-9-11-7-18(6-10-1-2-10)8-13(11)17-14(20)12-5-15-3-4-16-12/h3-5,10-11,13,19H,1-2,6-9H2,(H,17,20)/t11-,13+/m0/s1. The van der Waals surface area contributed by atoms with Crippen molar-refractivity contribution in [2.45, 2.75) is 18.9 Å². The highest BCUT2D eigenvalue weighted by Crippen LogP contribution is 2.31. The molecule has 0 bridgehead atoms. The molecule has 20 heavy (non-hydrogen) atoms. The van der Waals surface area contributed by atoms with Crippen molar-refractivity contribution in [1.82, 2.24) is 20.2 Å². The summed E-state index contributed by atoms with van der Waals surface area (Å²) in [7, 11) is 0. The number of nitrogens with one attached hydrogen (secondary N) is 1. The topological polar surface area (TPSA) is 78.4 Å². The Bertz CT molecular complexity index is 464. The van der Waals surface area contributed by atoms with Crippen LogP contribution in [0.2, 0.25) is 0 Å². The van der Waals surface area contributed by atoms with Gasteiger partial charge in [0.25, 0.3) is 5.91 Å². The van der Waals surface area contributed by atoms with Gasteiger partial charge in [0.1, 0.15) is 5.69 Å². The van der Waals surface area contributed by atoms with E-state index in [4.69, 9.17) is 0 Å². The molecule has 3 rings (SSSR count). The fraction of sp³-hybridized carbons (Fsp3) is 0.643. The summed E-state index contributed by atoms with van der Waals surface area (Å²) in [6, 6.07) is -0.00624. The van der Waals surface area contributed by atoms with E-state index in [2.05, 4.69) is 20.2 Å². The number of aliphatic hydroxyl groups excluding tert-OH is 1. The Morgan fingerprint density at radius 1 is 1.40 bits per heavy atom. The number of carbonyl (C=O) groups is 1. The van der Waals surface area contributed by atoms with E-state index < -0.39 is 0 Å². The van der Waals surface area contributed by atoms with E-state index in [0.717, 1.165) is 25.6 Å². The average molecular weight is 276 g/mol. The lowest BCUT2D eigenvalue weighted by Gasteiger charge is -2.17. The van der Waals surface area contributed by atoms with Crippen LogP contribution >= 0.6 is 0 Å². The highest BCUT2D eigenvalue weighted by atomic mass is 16.3. The number of rotatable bonds is 5. The van der Waals surface area contributed by atoms with Gasteiger partial charge in [-0.25, -0.2) is 4.98 Å². The monoisotopic (exact) mass is 276 g/mol. The number of amides is 1. The Morgan fingerprint density at radius 3 is 2.90 bits per heavy atom. The molecule has 1 amide bonds. The number of likely N-dealkylation sites (tertiary alicyclic amines) is 1. The molecule has 1 aromatic rings. The van der Waals surface area contributed by atoms with E-state index in [1.807, 2.05) is 0 Å². The van der Waals surface area contributed by atoms with Crippen LogP contribution in [0.25, 0.3) is 0 Å². The third-order valence-electron chi connectivity index (χ3n) is 4.08. The Morgan fingerprint density at radius 2 is 2.25 bits per heavy atom. The maximum absolute atomic E-state index is 12.1. The van der Waals surface area contributed by atoms with Crippen LogP contribution < -0.4 is 5.32 Å². The molecule has 1 aliphatic heterocycles. The van der Waals surface area contributed by atoms with Crippen molar-refractivity contribution in [3.8, 4) is 0 Å². The van der Waals surface area contributed by atoms with Crippen molar-refractivity contribution in [2.24, 2.45) is 11.8 Å². The van der Waals surface area contributed by atoms with Crippen LogP contribution in [0.15, 0.2) is 18.6 Å². The second-order valence-corrected chi connectivity index (χ2v) is 5.78. The van der Waals surface area contributed by atoms with Crippen molar-refractivity contribution < 1.29 is 9.90 Å². The number of aromatic nitrogens is 2. The SMILES string of the molecule is O=C(N[C@@H]1CN(CC2CC2)C[C@H]1CO)c1cnccn1. The van der Waals surface area contributed by atoms with Crippen LogP contribution in [0.4, 0.5) is 0 Å². The molecule has 2 heterocycles. The molecule has 0 radical (unpaired) electrons. The number of hydrogen-bond donors (Lipinski definition) is 2. The maximum atomic E-state index is 12.1. The van der Waals surface area contributed by atoms with Gasteiger partial charge in [-0.05, 0) is 18.8 Å². The van der Waals surface area contributed by atoms with Crippen LogP contribution in [0, 0.1) is 11.8 Å². The number of hydrogen-bond acceptors (Lipinski definition) is 5. The maximum Gasteiger partial charge on any atom is 0.271 e. The largest absolute Gasteiger partial charge is 0.396 e. The van der Waals surface area contributed by atoms with Gasteiger partial charge in [0, 0.05) is 50.6 Å². The first-order chi connectivity index (χ1) is 9.76. The van der Waals surface area contributed by atoms with Crippen molar-refractivity contribution in [3.05, 3.63) is 24.3 Å². The Kier molecular flexibility index (Phi) is 3.93. The number of carbonyl (C=O) groups excluding carboxylic acids is 1. The van der Waals surface area contributed by atoms with E-state index >= 15 is 0 Å². The zero-order valence-corrected chi connectivity index (χ0v) is 11.4. The molecule has 1 aromatic heterocycles. The molecule has 1 aliphatic carbocycles. The number of aliphatic hydroxyl groups is 1. The average Bonchev–Trinajstić information content (AvgIpc) is 3.20. The zero-order chi connectivity index (χ0) is 13.9. The third kappa shape index (κ3) is 3.13. The highest BCUT2D eigenvalue weighted by molar-refractivity contribution is 5.92. The van der Waals surface area contributed by atoms with E-state index in [1.54, 1.807) is 6.20 Å². The van der Waals surface area contributed by atoms with Crippen molar-refractivity contribution >= 4 is 5.91 Å². The third-order valence-corrected chi connectivity index (χ3v) is 4.08. The first kappa shape index (κ1) is 13.5. The predicted octanol–water partition coefficient (Wildman–Crippen LogP) is -0.0909. The van der Waals surface area contributed by atoms with Gasteiger partial charge in [0.2, 0.25) is 0 Å². The second kappa shape index (κ2) is 5.85. The fourth-order valence-electron chi connectivity index (χ4n) is 2.78. The summed E-state index contributed by atoms with van der Waals surface area (Å²) < 4.78 is 0. The van der Waals surface area contributed by atoms with Gasteiger partial charge in [0.05, 0.1) is 6.20 Å². The van der Waals surface area contributed by atoms with Gasteiger partial charge >= 0.3 is 0 Å². The summed E-state index contributed by atoms with van der Waals surface area (Å²) in [4.78, 5) is 22.3. The molecular weight excluding hydrogens is 256 g/mol. The summed E-state index contributed by atoms with van der Waals surface area (Å²) in [5, 5.41) is 12.5. The predicted molar refractivity (Wildman–Crippen MR) is 73.0 cm³/mol. The molecule has 0 aromatic carbocycles. The van der Waals surface area contributed by atoms with Gasteiger partial charge in [-0.2, -0.15) is 0 Å². The normalized spacial score (nSPS) is 26.6. The van der Waals surface area contributed by atoms with Crippen LogP contribution in [0.3, 0.4) is 0 Å². The molecule has 2 fully saturated rings. The molecule has 1 saturated heterocycles. The molecule has 108 valence electrons. The van der Waals surface area contributed by atoms with Crippen LogP contribution in [-0.2, 0) is 0 Å². The Balaban J connectivity index is 1.59. The molecule has 2 aliphatic rings. The van der Waals surface area contributed by atoms with Crippen LogP contribution in [0.1, 0.15) is 23.3 Å². The molecule has 2 N–H and O–H groups in total. The van der Waals surface area contributed by atoms with Crippen molar-refractivity contribution in [1.29, 1.82) is 0 Å². The lowest BCUT2D eigenvalue weighted by molar-refractivity contribution is 0.0915. The van der Waals surface area contributed by atoms with Crippen LogP contribution in [0.5, 0.6) is 0 Å². The van der Waals surface area contributed by atoms with Crippen LogP contribution in [-0.4, -0.2) is 58.2 Å². The summed E-state index contributed by atoms with van der Waals surface area (Å²) in [5.41, 5.74) is 0.324. The second-order valence-electron chi connectivity index (χ2n) is 5.78. The van der Waals surface area contributed by atoms with E-state index in [1.165, 1.54) is 25.2 Å². The first-order valence-corrected chi connectivity index (χ1v) is 7.16. The summed E-state index contributed by atoms with van der Waals surface area (Å²) >= 11 is 0. The van der Waals surface area contributed by atoms with Gasteiger partial charge < -0.3 is 15.3 Å².